The van der Waals surface area contributed by atoms with Crippen LogP contribution in [0.3, 0.4) is 0 Å². The molecular formula is C20H23ClN2O4. The summed E-state index contributed by atoms with van der Waals surface area (Å²) >= 11 is 6.06. The van der Waals surface area contributed by atoms with Crippen molar-refractivity contribution in [3.63, 3.8) is 0 Å². The van der Waals surface area contributed by atoms with E-state index in [-0.39, 0.29) is 0 Å². The molecule has 0 aliphatic rings. The topological polar surface area (TPSA) is 69.2 Å². The van der Waals surface area contributed by atoms with E-state index in [0.29, 0.717) is 53.2 Å². The van der Waals surface area contributed by atoms with E-state index in [9.17, 15) is 4.79 Å². The maximum Gasteiger partial charge on any atom is 0.271 e. The summed E-state index contributed by atoms with van der Waals surface area (Å²) in [6, 6.07) is 10.4. The maximum absolute atomic E-state index is 12.5. The number of hydrazone groups is 1. The lowest BCUT2D eigenvalue weighted by Gasteiger charge is -2.16. The fraction of sp³-hybridized carbons (Fsp3) is 0.300. The third kappa shape index (κ3) is 5.62. The van der Waals surface area contributed by atoms with Crippen molar-refractivity contribution >= 4 is 23.7 Å². The molecule has 0 aromatic heterocycles. The van der Waals surface area contributed by atoms with Crippen LogP contribution < -0.4 is 19.6 Å². The largest absolute Gasteiger partial charge is 0.490 e. The number of amides is 1. The second-order valence-corrected chi connectivity index (χ2v) is 5.73. The van der Waals surface area contributed by atoms with Crippen molar-refractivity contribution in [3.8, 4) is 17.2 Å². The van der Waals surface area contributed by atoms with Gasteiger partial charge < -0.3 is 14.2 Å². The average molecular weight is 391 g/mol. The Morgan fingerprint density at radius 3 is 2.19 bits per heavy atom. The third-order valence-electron chi connectivity index (χ3n) is 3.45. The van der Waals surface area contributed by atoms with E-state index in [1.54, 1.807) is 24.3 Å². The van der Waals surface area contributed by atoms with Crippen LogP contribution in [0.5, 0.6) is 17.2 Å². The molecule has 0 atom stereocenters. The predicted octanol–water partition coefficient (Wildman–Crippen LogP) is 4.30. The van der Waals surface area contributed by atoms with Crippen LogP contribution in [0.4, 0.5) is 0 Å². The van der Waals surface area contributed by atoms with Gasteiger partial charge in [-0.3, -0.25) is 4.79 Å². The van der Waals surface area contributed by atoms with Gasteiger partial charge in [0, 0.05) is 16.1 Å². The number of nitrogens with zero attached hydrogens (tertiary/aromatic N) is 1. The minimum atomic E-state index is -0.400. The van der Waals surface area contributed by atoms with Crippen LogP contribution in [0.2, 0.25) is 5.02 Å². The van der Waals surface area contributed by atoms with Crippen molar-refractivity contribution < 1.29 is 19.0 Å². The van der Waals surface area contributed by atoms with Gasteiger partial charge in [-0.15, -0.1) is 0 Å². The quantitative estimate of drug-likeness (QED) is 0.512. The van der Waals surface area contributed by atoms with Crippen LogP contribution in [-0.4, -0.2) is 31.9 Å². The molecule has 0 bridgehead atoms. The van der Waals surface area contributed by atoms with Gasteiger partial charge in [-0.1, -0.05) is 29.8 Å². The maximum atomic E-state index is 12.5. The van der Waals surface area contributed by atoms with Crippen molar-refractivity contribution in [1.82, 2.24) is 5.43 Å². The highest BCUT2D eigenvalue weighted by Gasteiger charge is 2.18. The molecule has 1 amide bonds. The van der Waals surface area contributed by atoms with Crippen molar-refractivity contribution in [2.45, 2.75) is 20.8 Å². The summed E-state index contributed by atoms with van der Waals surface area (Å²) in [7, 11) is 0. The van der Waals surface area contributed by atoms with Gasteiger partial charge in [0.15, 0.2) is 11.5 Å². The zero-order valence-corrected chi connectivity index (χ0v) is 16.4. The van der Waals surface area contributed by atoms with E-state index in [0.717, 1.165) is 0 Å². The first-order chi connectivity index (χ1) is 13.1. The summed E-state index contributed by atoms with van der Waals surface area (Å²) in [5, 5.41) is 4.52. The number of rotatable bonds is 9. The number of nitrogens with one attached hydrogen (secondary N) is 1. The summed E-state index contributed by atoms with van der Waals surface area (Å²) in [5.41, 5.74) is 3.54. The summed E-state index contributed by atoms with van der Waals surface area (Å²) in [4.78, 5) is 12.5. The Morgan fingerprint density at radius 1 is 1.04 bits per heavy atom. The number of ether oxygens (including phenoxy) is 3. The summed E-state index contributed by atoms with van der Waals surface area (Å²) < 4.78 is 16.9. The van der Waals surface area contributed by atoms with E-state index in [1.807, 2.05) is 32.9 Å². The second kappa shape index (κ2) is 10.4. The predicted molar refractivity (Wildman–Crippen MR) is 106 cm³/mol. The molecule has 0 spiro atoms. The Kier molecular flexibility index (Phi) is 7.95. The highest BCUT2D eigenvalue weighted by atomic mass is 35.5. The van der Waals surface area contributed by atoms with Crippen LogP contribution >= 0.6 is 11.6 Å². The SMILES string of the molecule is CCOc1cc(C(=O)NN=Cc2ccccc2Cl)cc(OCC)c1OCC. The molecule has 144 valence electrons. The van der Waals surface area contributed by atoms with E-state index in [1.165, 1.54) is 6.21 Å². The molecule has 0 saturated heterocycles. The van der Waals surface area contributed by atoms with Crippen molar-refractivity contribution in [1.29, 1.82) is 0 Å². The zero-order valence-electron chi connectivity index (χ0n) is 15.6. The molecule has 1 N–H and O–H groups in total. The fourth-order valence-electron chi connectivity index (χ4n) is 2.32. The van der Waals surface area contributed by atoms with E-state index < -0.39 is 5.91 Å². The first-order valence-corrected chi connectivity index (χ1v) is 9.12. The van der Waals surface area contributed by atoms with Crippen LogP contribution in [0.1, 0.15) is 36.7 Å². The van der Waals surface area contributed by atoms with Gasteiger partial charge in [0.25, 0.3) is 5.91 Å². The highest BCUT2D eigenvalue weighted by molar-refractivity contribution is 6.33. The Labute approximate surface area is 164 Å². The molecule has 0 unspecified atom stereocenters. The van der Waals surface area contributed by atoms with Crippen LogP contribution in [0.25, 0.3) is 0 Å². The van der Waals surface area contributed by atoms with Gasteiger partial charge in [-0.2, -0.15) is 5.10 Å². The number of hydrogen-bond acceptors (Lipinski definition) is 5. The summed E-state index contributed by atoms with van der Waals surface area (Å²) in [6.45, 7) is 6.90. The lowest BCUT2D eigenvalue weighted by Crippen LogP contribution is -2.18. The summed E-state index contributed by atoms with van der Waals surface area (Å²) in [6.07, 6.45) is 1.49. The lowest BCUT2D eigenvalue weighted by molar-refractivity contribution is 0.0954. The highest BCUT2D eigenvalue weighted by Crippen LogP contribution is 2.39. The Balaban J connectivity index is 2.25. The smallest absolute Gasteiger partial charge is 0.271 e. The molecule has 0 aliphatic heterocycles. The number of carbonyl (C=O) groups is 1. The number of carbonyl (C=O) groups excluding carboxylic acids is 1. The van der Waals surface area contributed by atoms with Crippen LogP contribution in [-0.2, 0) is 0 Å². The Hall–Kier alpha value is -2.73. The molecule has 2 rings (SSSR count). The number of halogens is 1. The molecule has 0 fully saturated rings. The summed E-state index contributed by atoms with van der Waals surface area (Å²) in [5.74, 6) is 0.983. The first kappa shape index (κ1) is 20.6. The van der Waals surface area contributed by atoms with Crippen LogP contribution in [0.15, 0.2) is 41.5 Å². The molecule has 0 saturated carbocycles. The molecule has 0 radical (unpaired) electrons. The number of hydrogen-bond donors (Lipinski definition) is 1. The molecule has 0 aliphatic carbocycles. The van der Waals surface area contributed by atoms with E-state index in [2.05, 4.69) is 10.5 Å². The van der Waals surface area contributed by atoms with E-state index in [4.69, 9.17) is 25.8 Å². The Bertz CT molecular complexity index is 781. The number of benzene rings is 2. The standard InChI is InChI=1S/C20H23ClN2O4/c1-4-25-17-11-15(12-18(26-5-2)19(17)27-6-3)20(24)23-22-13-14-9-7-8-10-16(14)21/h7-13H,4-6H2,1-3H3,(H,23,24). The molecule has 27 heavy (non-hydrogen) atoms. The molecule has 2 aromatic carbocycles. The molecule has 2 aromatic rings. The molecule has 6 nitrogen and oxygen atoms in total. The normalized spacial score (nSPS) is 10.7. The van der Waals surface area contributed by atoms with Crippen molar-refractivity contribution in [2.75, 3.05) is 19.8 Å². The van der Waals surface area contributed by atoms with E-state index >= 15 is 0 Å². The van der Waals surface area contributed by atoms with Gasteiger partial charge in [0.05, 0.1) is 26.0 Å². The molecular weight excluding hydrogens is 368 g/mol. The second-order valence-electron chi connectivity index (χ2n) is 5.32. The Morgan fingerprint density at radius 2 is 1.63 bits per heavy atom. The first-order valence-electron chi connectivity index (χ1n) is 8.75. The molecule has 7 heteroatoms. The van der Waals surface area contributed by atoms with Gasteiger partial charge >= 0.3 is 0 Å². The van der Waals surface area contributed by atoms with Crippen molar-refractivity contribution in [3.05, 3.63) is 52.5 Å². The minimum Gasteiger partial charge on any atom is -0.490 e. The molecule has 0 heterocycles. The minimum absolute atomic E-state index is 0.349. The zero-order chi connectivity index (χ0) is 19.6. The van der Waals surface area contributed by atoms with Gasteiger partial charge in [-0.05, 0) is 39.0 Å². The fourth-order valence-corrected chi connectivity index (χ4v) is 2.51. The lowest BCUT2D eigenvalue weighted by atomic mass is 10.1. The van der Waals surface area contributed by atoms with Gasteiger partial charge in [0.2, 0.25) is 5.75 Å². The van der Waals surface area contributed by atoms with Gasteiger partial charge in [-0.25, -0.2) is 5.43 Å². The van der Waals surface area contributed by atoms with Crippen LogP contribution in [0, 0.1) is 0 Å². The third-order valence-corrected chi connectivity index (χ3v) is 3.79. The van der Waals surface area contributed by atoms with Gasteiger partial charge in [0.1, 0.15) is 0 Å². The average Bonchev–Trinajstić information content (AvgIpc) is 2.66. The van der Waals surface area contributed by atoms with Crippen molar-refractivity contribution in [2.24, 2.45) is 5.10 Å². The monoisotopic (exact) mass is 390 g/mol.